The summed E-state index contributed by atoms with van der Waals surface area (Å²) in [5.41, 5.74) is 5.53. The number of carbonyl (C=O) groups excluding carboxylic acids is 1. The highest BCUT2D eigenvalue weighted by atomic mass is 16.5. The number of amides is 1. The molecule has 1 aliphatic rings. The summed E-state index contributed by atoms with van der Waals surface area (Å²) in [7, 11) is 0. The van der Waals surface area contributed by atoms with E-state index in [1.165, 1.54) is 11.1 Å². The number of nitrogens with zero attached hydrogens (tertiary/aromatic N) is 1. The maximum absolute atomic E-state index is 12.8. The fourth-order valence-electron chi connectivity index (χ4n) is 4.71. The number of alkyl carbamates (subject to hydrolysis) is 1. The molecule has 0 spiro atoms. The maximum Gasteiger partial charge on any atom is 0.407 e. The van der Waals surface area contributed by atoms with Crippen LogP contribution in [0.15, 0.2) is 85.2 Å². The molecule has 1 heterocycles. The molecule has 2 N–H and O–H groups in total. The summed E-state index contributed by atoms with van der Waals surface area (Å²) in [4.78, 5) is 28.7. The topological polar surface area (TPSA) is 88.5 Å². The van der Waals surface area contributed by atoms with Crippen LogP contribution in [0, 0.1) is 5.92 Å². The smallest absolute Gasteiger partial charge is 0.407 e. The van der Waals surface area contributed by atoms with Gasteiger partial charge in [0, 0.05) is 18.3 Å². The minimum Gasteiger partial charge on any atom is -0.481 e. The van der Waals surface area contributed by atoms with Crippen LogP contribution < -0.4 is 5.32 Å². The number of hydrogen-bond acceptors (Lipinski definition) is 4. The molecule has 0 bridgehead atoms. The maximum atomic E-state index is 12.8. The number of unbranched alkanes of at least 4 members (excludes halogenated alkanes) is 1. The van der Waals surface area contributed by atoms with E-state index in [9.17, 15) is 14.7 Å². The lowest BCUT2D eigenvalue weighted by Crippen LogP contribution is -2.35. The number of hydrogen-bond donors (Lipinski definition) is 2. The van der Waals surface area contributed by atoms with Gasteiger partial charge in [-0.25, -0.2) is 4.79 Å². The van der Waals surface area contributed by atoms with Crippen molar-refractivity contribution in [2.45, 2.75) is 44.6 Å². The molecule has 0 saturated carbocycles. The molecular weight excluding hydrogens is 452 g/mol. The van der Waals surface area contributed by atoms with Gasteiger partial charge >= 0.3 is 12.1 Å². The first-order valence-corrected chi connectivity index (χ1v) is 12.5. The average molecular weight is 485 g/mol. The second kappa shape index (κ2) is 12.2. The standard InChI is InChI=1S/C30H32N2O4/c1-2-3-10-23(16-15-22(29(33)34)18-21-9-8-17-31-19-21)32-30(35)36-20-28-26-13-6-4-11-24(26)25-12-5-7-14-27(25)28/h4-9,11-17,19,22-23,28H,2-3,10,18,20H2,1H3,(H,32,35)(H,33,34)/b16-15-/t22-,23-/m0/s1. The van der Waals surface area contributed by atoms with Crippen molar-refractivity contribution >= 4 is 12.1 Å². The molecule has 186 valence electrons. The van der Waals surface area contributed by atoms with Crippen molar-refractivity contribution in [3.8, 4) is 11.1 Å². The van der Waals surface area contributed by atoms with Crippen molar-refractivity contribution in [3.63, 3.8) is 0 Å². The van der Waals surface area contributed by atoms with Crippen LogP contribution in [0.4, 0.5) is 4.79 Å². The monoisotopic (exact) mass is 484 g/mol. The molecule has 0 aliphatic heterocycles. The number of aliphatic carboxylic acids is 1. The highest BCUT2D eigenvalue weighted by molar-refractivity contribution is 5.79. The van der Waals surface area contributed by atoms with E-state index < -0.39 is 18.0 Å². The van der Waals surface area contributed by atoms with Crippen LogP contribution in [-0.2, 0) is 16.0 Å². The number of rotatable bonds is 11. The number of fused-ring (bicyclic) bond motifs is 3. The second-order valence-electron chi connectivity index (χ2n) is 9.11. The van der Waals surface area contributed by atoms with Crippen LogP contribution in [0.2, 0.25) is 0 Å². The van der Waals surface area contributed by atoms with E-state index in [4.69, 9.17) is 4.74 Å². The van der Waals surface area contributed by atoms with E-state index in [2.05, 4.69) is 41.5 Å². The summed E-state index contributed by atoms with van der Waals surface area (Å²) in [6.07, 6.45) is 9.20. The number of ether oxygens (including phenoxy) is 1. The third-order valence-electron chi connectivity index (χ3n) is 6.59. The van der Waals surface area contributed by atoms with Crippen LogP contribution in [0.3, 0.4) is 0 Å². The quantitative estimate of drug-likeness (QED) is 0.327. The summed E-state index contributed by atoms with van der Waals surface area (Å²) in [5, 5.41) is 12.6. The molecule has 0 unspecified atom stereocenters. The fourth-order valence-corrected chi connectivity index (χ4v) is 4.71. The zero-order valence-electron chi connectivity index (χ0n) is 20.5. The first-order valence-electron chi connectivity index (χ1n) is 12.5. The second-order valence-corrected chi connectivity index (χ2v) is 9.11. The van der Waals surface area contributed by atoms with Crippen molar-refractivity contribution in [2.75, 3.05) is 6.61 Å². The Labute approximate surface area is 212 Å². The van der Waals surface area contributed by atoms with E-state index in [1.807, 2.05) is 30.3 Å². The number of carboxylic acid groups (broad SMARTS) is 1. The molecule has 0 saturated heterocycles. The van der Waals surface area contributed by atoms with Gasteiger partial charge in [-0.3, -0.25) is 9.78 Å². The van der Waals surface area contributed by atoms with E-state index in [0.29, 0.717) is 12.8 Å². The van der Waals surface area contributed by atoms with Crippen molar-refractivity contribution in [2.24, 2.45) is 5.92 Å². The van der Waals surface area contributed by atoms with E-state index in [-0.39, 0.29) is 18.6 Å². The number of aromatic nitrogens is 1. The molecular formula is C30H32N2O4. The Morgan fingerprint density at radius 3 is 2.33 bits per heavy atom. The van der Waals surface area contributed by atoms with E-state index in [1.54, 1.807) is 30.6 Å². The molecule has 3 aromatic rings. The molecule has 4 rings (SSSR count). The number of carbonyl (C=O) groups is 2. The summed E-state index contributed by atoms with van der Waals surface area (Å²) in [5.74, 6) is -1.63. The lowest BCUT2D eigenvalue weighted by molar-refractivity contribution is -0.140. The van der Waals surface area contributed by atoms with Gasteiger partial charge in [0.2, 0.25) is 0 Å². The van der Waals surface area contributed by atoms with Crippen molar-refractivity contribution in [1.82, 2.24) is 10.3 Å². The SMILES string of the molecule is CCCC[C@@H](/C=C\[C@@H](Cc1cccnc1)C(=O)O)NC(=O)OCC1c2ccccc2-c2ccccc21. The minimum absolute atomic E-state index is 0.0105. The lowest BCUT2D eigenvalue weighted by Gasteiger charge is -2.18. The molecule has 6 nitrogen and oxygen atoms in total. The zero-order chi connectivity index (χ0) is 25.3. The molecule has 2 atom stereocenters. The molecule has 2 aromatic carbocycles. The van der Waals surface area contributed by atoms with Crippen molar-refractivity contribution < 1.29 is 19.4 Å². The lowest BCUT2D eigenvalue weighted by atomic mass is 9.98. The van der Waals surface area contributed by atoms with Crippen LogP contribution in [-0.4, -0.2) is 34.8 Å². The predicted molar refractivity (Wildman–Crippen MR) is 140 cm³/mol. The summed E-state index contributed by atoms with van der Waals surface area (Å²) < 4.78 is 5.69. The van der Waals surface area contributed by atoms with Crippen LogP contribution >= 0.6 is 0 Å². The molecule has 1 amide bonds. The normalized spacial score (nSPS) is 14.1. The molecule has 36 heavy (non-hydrogen) atoms. The highest BCUT2D eigenvalue weighted by Gasteiger charge is 2.29. The van der Waals surface area contributed by atoms with Gasteiger partial charge in [0.05, 0.1) is 12.0 Å². The van der Waals surface area contributed by atoms with Gasteiger partial charge < -0.3 is 15.2 Å². The van der Waals surface area contributed by atoms with Crippen LogP contribution in [0.1, 0.15) is 48.8 Å². The Kier molecular flexibility index (Phi) is 8.50. The summed E-state index contributed by atoms with van der Waals surface area (Å²) in [6, 6.07) is 19.8. The zero-order valence-corrected chi connectivity index (χ0v) is 20.5. The predicted octanol–water partition coefficient (Wildman–Crippen LogP) is 5.98. The third kappa shape index (κ3) is 6.19. The van der Waals surface area contributed by atoms with Gasteiger partial charge in [-0.15, -0.1) is 0 Å². The number of carboxylic acids is 1. The molecule has 6 heteroatoms. The van der Waals surface area contributed by atoms with Gasteiger partial charge in [0.15, 0.2) is 0 Å². The van der Waals surface area contributed by atoms with E-state index >= 15 is 0 Å². The van der Waals surface area contributed by atoms with Gasteiger partial charge in [-0.2, -0.15) is 0 Å². The van der Waals surface area contributed by atoms with Gasteiger partial charge in [-0.05, 0) is 46.7 Å². The molecule has 0 fully saturated rings. The Balaban J connectivity index is 1.40. The fraction of sp³-hybridized carbons (Fsp3) is 0.300. The highest BCUT2D eigenvalue weighted by Crippen LogP contribution is 2.44. The average Bonchev–Trinajstić information content (AvgIpc) is 3.22. The van der Waals surface area contributed by atoms with Crippen molar-refractivity contribution in [1.29, 1.82) is 0 Å². The Morgan fingerprint density at radius 2 is 1.72 bits per heavy atom. The molecule has 0 radical (unpaired) electrons. The number of pyridine rings is 1. The molecule has 1 aliphatic carbocycles. The third-order valence-corrected chi connectivity index (χ3v) is 6.59. The molecule has 1 aromatic heterocycles. The summed E-state index contributed by atoms with van der Waals surface area (Å²) >= 11 is 0. The minimum atomic E-state index is -0.912. The van der Waals surface area contributed by atoms with Gasteiger partial charge in [0.1, 0.15) is 6.61 Å². The van der Waals surface area contributed by atoms with Gasteiger partial charge in [0.25, 0.3) is 0 Å². The first kappa shape index (κ1) is 25.2. The Hall–Kier alpha value is -3.93. The largest absolute Gasteiger partial charge is 0.481 e. The Bertz CT molecular complexity index is 1160. The first-order chi connectivity index (χ1) is 17.6. The number of nitrogens with one attached hydrogen (secondary N) is 1. The van der Waals surface area contributed by atoms with E-state index in [0.717, 1.165) is 29.5 Å². The van der Waals surface area contributed by atoms with Crippen LogP contribution in [0.25, 0.3) is 11.1 Å². The van der Waals surface area contributed by atoms with Gasteiger partial charge in [-0.1, -0.05) is 86.5 Å². The van der Waals surface area contributed by atoms with Crippen molar-refractivity contribution in [3.05, 3.63) is 102 Å². The van der Waals surface area contributed by atoms with Crippen LogP contribution in [0.5, 0.6) is 0 Å². The summed E-state index contributed by atoms with van der Waals surface area (Å²) in [6.45, 7) is 2.32. The number of benzene rings is 2. The Morgan fingerprint density at radius 1 is 1.03 bits per heavy atom.